The molecule has 0 spiro atoms. The molecular formula is C10H18N4O3. The summed E-state index contributed by atoms with van der Waals surface area (Å²) >= 11 is 0. The quantitative estimate of drug-likeness (QED) is 0.480. The maximum Gasteiger partial charge on any atom is 0.338 e. The third-order valence-electron chi connectivity index (χ3n) is 2.31. The predicted molar refractivity (Wildman–Crippen MR) is 60.1 cm³/mol. The average molecular weight is 242 g/mol. The van der Waals surface area contributed by atoms with E-state index in [1.165, 1.54) is 14.0 Å². The number of nitrogens with one attached hydrogen (secondary N) is 1. The lowest BCUT2D eigenvalue weighted by Gasteiger charge is -2.20. The van der Waals surface area contributed by atoms with Gasteiger partial charge in [0.25, 0.3) is 0 Å². The van der Waals surface area contributed by atoms with E-state index in [0.29, 0.717) is 6.54 Å². The lowest BCUT2D eigenvalue weighted by molar-refractivity contribution is -0.159. The minimum Gasteiger partial charge on any atom is -0.467 e. The number of aromatic nitrogens is 3. The van der Waals surface area contributed by atoms with E-state index in [4.69, 9.17) is 0 Å². The van der Waals surface area contributed by atoms with Crippen molar-refractivity contribution < 1.29 is 14.6 Å². The summed E-state index contributed by atoms with van der Waals surface area (Å²) in [4.78, 5) is 11.1. The number of carbonyl (C=O) groups is 1. The molecular weight excluding hydrogens is 224 g/mol. The van der Waals surface area contributed by atoms with Gasteiger partial charge in [0.2, 0.25) is 0 Å². The Labute approximate surface area is 99.8 Å². The molecule has 0 radical (unpaired) electrons. The monoisotopic (exact) mass is 242 g/mol. The Morgan fingerprint density at radius 1 is 1.65 bits per heavy atom. The summed E-state index contributed by atoms with van der Waals surface area (Å²) in [5.74, 6) is -0.638. The van der Waals surface area contributed by atoms with Crippen molar-refractivity contribution in [3.05, 3.63) is 12.4 Å². The maximum atomic E-state index is 11.1. The van der Waals surface area contributed by atoms with Crippen molar-refractivity contribution in [2.45, 2.75) is 25.5 Å². The van der Waals surface area contributed by atoms with Gasteiger partial charge in [-0.1, -0.05) is 5.21 Å². The number of carbonyl (C=O) groups excluding carboxylic acids is 1. The van der Waals surface area contributed by atoms with Gasteiger partial charge in [-0.25, -0.2) is 4.79 Å². The molecule has 1 atom stereocenters. The number of rotatable bonds is 7. The Kier molecular flexibility index (Phi) is 5.05. The number of aryl methyl sites for hydroxylation is 1. The molecule has 1 unspecified atom stereocenters. The molecule has 1 rings (SSSR count). The molecule has 7 nitrogen and oxygen atoms in total. The van der Waals surface area contributed by atoms with Crippen molar-refractivity contribution >= 4 is 5.97 Å². The zero-order chi connectivity index (χ0) is 12.7. The molecule has 2 N–H and O–H groups in total. The van der Waals surface area contributed by atoms with Crippen molar-refractivity contribution in [1.29, 1.82) is 0 Å². The largest absolute Gasteiger partial charge is 0.467 e. The third-order valence-corrected chi connectivity index (χ3v) is 2.31. The van der Waals surface area contributed by atoms with Crippen LogP contribution in [-0.2, 0) is 16.1 Å². The number of nitrogens with zero attached hydrogens (tertiary/aromatic N) is 3. The van der Waals surface area contributed by atoms with E-state index in [9.17, 15) is 9.90 Å². The van der Waals surface area contributed by atoms with Gasteiger partial charge >= 0.3 is 5.97 Å². The first-order valence-electron chi connectivity index (χ1n) is 5.42. The van der Waals surface area contributed by atoms with E-state index in [-0.39, 0.29) is 6.54 Å². The van der Waals surface area contributed by atoms with Crippen LogP contribution in [0.1, 0.15) is 13.3 Å². The highest BCUT2D eigenvalue weighted by Gasteiger charge is 2.30. The standard InChI is InChI=1S/C10H18N4O3/c1-10(16,9(15)17-2)8-11-4-3-6-14-7-5-12-13-14/h5,7,11,16H,3-4,6,8H2,1-2H3. The number of ether oxygens (including phenoxy) is 1. The van der Waals surface area contributed by atoms with Crippen LogP contribution in [0.25, 0.3) is 0 Å². The molecule has 0 aromatic carbocycles. The third kappa shape index (κ3) is 4.49. The van der Waals surface area contributed by atoms with Crippen molar-refractivity contribution in [3.63, 3.8) is 0 Å². The highest BCUT2D eigenvalue weighted by Crippen LogP contribution is 2.03. The molecule has 0 bridgehead atoms. The Hall–Kier alpha value is -1.47. The van der Waals surface area contributed by atoms with Gasteiger partial charge in [0.05, 0.1) is 13.3 Å². The summed E-state index contributed by atoms with van der Waals surface area (Å²) < 4.78 is 6.20. The number of aliphatic hydroxyl groups is 1. The van der Waals surface area contributed by atoms with Crippen LogP contribution in [0.2, 0.25) is 0 Å². The highest BCUT2D eigenvalue weighted by molar-refractivity contribution is 5.78. The van der Waals surface area contributed by atoms with Crippen LogP contribution in [-0.4, -0.2) is 51.9 Å². The number of esters is 1. The SMILES string of the molecule is COC(=O)C(C)(O)CNCCCn1ccnn1. The minimum atomic E-state index is -1.48. The van der Waals surface area contributed by atoms with E-state index in [2.05, 4.69) is 20.4 Å². The maximum absolute atomic E-state index is 11.1. The van der Waals surface area contributed by atoms with Gasteiger partial charge in [-0.15, -0.1) is 5.10 Å². The van der Waals surface area contributed by atoms with Gasteiger partial charge in [0, 0.05) is 19.3 Å². The summed E-state index contributed by atoms with van der Waals surface area (Å²) in [6, 6.07) is 0. The lowest BCUT2D eigenvalue weighted by Crippen LogP contribution is -2.45. The van der Waals surface area contributed by atoms with E-state index in [1.807, 2.05) is 0 Å². The summed E-state index contributed by atoms with van der Waals surface area (Å²) in [6.07, 6.45) is 4.24. The fraction of sp³-hybridized carbons (Fsp3) is 0.700. The first kappa shape index (κ1) is 13.6. The molecule has 0 aliphatic carbocycles. The fourth-order valence-corrected chi connectivity index (χ4v) is 1.34. The Balaban J connectivity index is 2.13. The minimum absolute atomic E-state index is 0.164. The molecule has 1 aromatic heterocycles. The average Bonchev–Trinajstić information content (AvgIpc) is 2.80. The first-order chi connectivity index (χ1) is 8.06. The van der Waals surface area contributed by atoms with Crippen LogP contribution in [0.5, 0.6) is 0 Å². The molecule has 0 fully saturated rings. The second kappa shape index (κ2) is 6.31. The van der Waals surface area contributed by atoms with E-state index in [0.717, 1.165) is 13.0 Å². The number of hydrogen-bond donors (Lipinski definition) is 2. The smallest absolute Gasteiger partial charge is 0.338 e. The van der Waals surface area contributed by atoms with Gasteiger partial charge in [-0.05, 0) is 19.9 Å². The fourth-order valence-electron chi connectivity index (χ4n) is 1.34. The molecule has 0 aliphatic rings. The van der Waals surface area contributed by atoms with Gasteiger partial charge in [-0.3, -0.25) is 4.68 Å². The van der Waals surface area contributed by atoms with Crippen LogP contribution in [0.15, 0.2) is 12.4 Å². The molecule has 96 valence electrons. The molecule has 17 heavy (non-hydrogen) atoms. The molecule has 1 heterocycles. The van der Waals surface area contributed by atoms with Crippen LogP contribution >= 0.6 is 0 Å². The summed E-state index contributed by atoms with van der Waals surface area (Å²) in [6.45, 7) is 3.00. The van der Waals surface area contributed by atoms with Gasteiger partial charge < -0.3 is 15.2 Å². The first-order valence-corrected chi connectivity index (χ1v) is 5.42. The zero-order valence-corrected chi connectivity index (χ0v) is 10.1. The van der Waals surface area contributed by atoms with Gasteiger partial charge in [0.1, 0.15) is 0 Å². The second-order valence-corrected chi connectivity index (χ2v) is 3.96. The number of methoxy groups -OCH3 is 1. The van der Waals surface area contributed by atoms with Crippen LogP contribution < -0.4 is 5.32 Å². The molecule has 7 heteroatoms. The number of hydrogen-bond acceptors (Lipinski definition) is 6. The Morgan fingerprint density at radius 3 is 3.00 bits per heavy atom. The molecule has 0 saturated heterocycles. The molecule has 0 saturated carbocycles. The van der Waals surface area contributed by atoms with Crippen LogP contribution in [0.4, 0.5) is 0 Å². The summed E-state index contributed by atoms with van der Waals surface area (Å²) in [5.41, 5.74) is -1.48. The van der Waals surface area contributed by atoms with Crippen LogP contribution in [0.3, 0.4) is 0 Å². The van der Waals surface area contributed by atoms with E-state index in [1.54, 1.807) is 17.1 Å². The van der Waals surface area contributed by atoms with E-state index < -0.39 is 11.6 Å². The van der Waals surface area contributed by atoms with Crippen molar-refractivity contribution in [3.8, 4) is 0 Å². The normalized spacial score (nSPS) is 14.3. The predicted octanol–water partition coefficient (Wildman–Crippen LogP) is -0.818. The van der Waals surface area contributed by atoms with E-state index >= 15 is 0 Å². The summed E-state index contributed by atoms with van der Waals surface area (Å²) in [7, 11) is 1.25. The summed E-state index contributed by atoms with van der Waals surface area (Å²) in [5, 5.41) is 20.2. The lowest BCUT2D eigenvalue weighted by atomic mass is 10.1. The molecule has 1 aromatic rings. The molecule has 0 aliphatic heterocycles. The Morgan fingerprint density at radius 2 is 2.41 bits per heavy atom. The topological polar surface area (TPSA) is 89.3 Å². The van der Waals surface area contributed by atoms with Crippen molar-refractivity contribution in [2.24, 2.45) is 0 Å². The van der Waals surface area contributed by atoms with Gasteiger partial charge in [-0.2, -0.15) is 0 Å². The van der Waals surface area contributed by atoms with Crippen molar-refractivity contribution in [1.82, 2.24) is 20.3 Å². The van der Waals surface area contributed by atoms with Crippen molar-refractivity contribution in [2.75, 3.05) is 20.2 Å². The van der Waals surface area contributed by atoms with Gasteiger partial charge in [0.15, 0.2) is 5.60 Å². The Bertz CT molecular complexity index is 337. The molecule has 0 amide bonds. The second-order valence-electron chi connectivity index (χ2n) is 3.96. The highest BCUT2D eigenvalue weighted by atomic mass is 16.5. The zero-order valence-electron chi connectivity index (χ0n) is 10.1. The van der Waals surface area contributed by atoms with Crippen LogP contribution in [0, 0.1) is 0 Å².